The molecule has 1 N–H and O–H groups in total. The van der Waals surface area contributed by atoms with E-state index in [2.05, 4.69) is 16.9 Å². The van der Waals surface area contributed by atoms with Crippen molar-refractivity contribution < 1.29 is 9.53 Å². The third kappa shape index (κ3) is 6.19. The molecule has 1 heterocycles. The van der Waals surface area contributed by atoms with Crippen LogP contribution in [0.2, 0.25) is 0 Å². The van der Waals surface area contributed by atoms with Crippen LogP contribution < -0.4 is 15.8 Å². The van der Waals surface area contributed by atoms with Crippen LogP contribution in [0.3, 0.4) is 0 Å². The van der Waals surface area contributed by atoms with Crippen LogP contribution in [0.4, 0.5) is 10.6 Å². The van der Waals surface area contributed by atoms with Crippen molar-refractivity contribution in [2.24, 2.45) is 0 Å². The molecule has 114 valence electrons. The molecule has 1 rings (SSSR count). The Labute approximate surface area is 134 Å². The fourth-order valence-corrected chi connectivity index (χ4v) is 1.80. The zero-order chi connectivity index (χ0) is 16.2. The molecule has 0 unspecified atom stereocenters. The molecule has 0 aromatic carbocycles. The number of carbonyl (C=O) groups excluding carboxylic acids is 1. The fraction of sp³-hybridized carbons (Fsp3) is 0.333. The standard InChI is InChI=1S/C15H18Cl2N2O2/c1-9(16)6-11-7-13(18-8-12(11)10(2)17)19-14(20)21-15(3,4)5/h6-8H,1H2,2-5H3,(H,19,20)/b11-6-,12-10+. The van der Waals surface area contributed by atoms with Crippen molar-refractivity contribution in [2.75, 3.05) is 5.32 Å². The quantitative estimate of drug-likeness (QED) is 0.905. The first-order valence-electron chi connectivity index (χ1n) is 6.27. The average Bonchev–Trinajstić information content (AvgIpc) is 2.24. The van der Waals surface area contributed by atoms with Crippen molar-refractivity contribution >= 4 is 46.2 Å². The number of ether oxygens (including phenoxy) is 1. The van der Waals surface area contributed by atoms with E-state index < -0.39 is 11.7 Å². The monoisotopic (exact) mass is 328 g/mol. The second-order valence-corrected chi connectivity index (χ2v) is 6.46. The van der Waals surface area contributed by atoms with Gasteiger partial charge in [-0.05, 0) is 45.1 Å². The number of hydrogen-bond donors (Lipinski definition) is 1. The zero-order valence-corrected chi connectivity index (χ0v) is 14.0. The van der Waals surface area contributed by atoms with E-state index in [0.717, 1.165) is 0 Å². The molecule has 0 bridgehead atoms. The largest absolute Gasteiger partial charge is 0.444 e. The summed E-state index contributed by atoms with van der Waals surface area (Å²) >= 11 is 11.8. The van der Waals surface area contributed by atoms with Gasteiger partial charge in [-0.2, -0.15) is 0 Å². The molecule has 0 aliphatic carbocycles. The molecule has 1 aromatic heterocycles. The number of rotatable bonds is 2. The Morgan fingerprint density at radius 1 is 1.43 bits per heavy atom. The van der Waals surface area contributed by atoms with Gasteiger partial charge < -0.3 is 4.74 Å². The van der Waals surface area contributed by atoms with Crippen molar-refractivity contribution in [3.8, 4) is 0 Å². The van der Waals surface area contributed by atoms with Crippen molar-refractivity contribution in [3.63, 3.8) is 0 Å². The first-order chi connectivity index (χ1) is 9.58. The number of nitrogens with zero attached hydrogens (tertiary/aromatic N) is 1. The van der Waals surface area contributed by atoms with E-state index in [9.17, 15) is 4.79 Å². The van der Waals surface area contributed by atoms with Gasteiger partial charge in [0.2, 0.25) is 0 Å². The summed E-state index contributed by atoms with van der Waals surface area (Å²) in [6.07, 6.45) is 2.62. The Morgan fingerprint density at radius 3 is 2.52 bits per heavy atom. The van der Waals surface area contributed by atoms with E-state index >= 15 is 0 Å². The summed E-state index contributed by atoms with van der Waals surface area (Å²) in [5.41, 5.74) is -0.579. The first-order valence-corrected chi connectivity index (χ1v) is 7.03. The zero-order valence-electron chi connectivity index (χ0n) is 12.5. The molecular weight excluding hydrogens is 311 g/mol. The van der Waals surface area contributed by atoms with E-state index in [1.54, 1.807) is 46.0 Å². The summed E-state index contributed by atoms with van der Waals surface area (Å²) in [5.74, 6) is 0.343. The molecule has 0 radical (unpaired) electrons. The summed E-state index contributed by atoms with van der Waals surface area (Å²) in [5, 5.41) is 4.90. The average molecular weight is 329 g/mol. The Morgan fingerprint density at radius 2 is 2.05 bits per heavy atom. The molecule has 0 saturated heterocycles. The lowest BCUT2D eigenvalue weighted by atomic mass is 10.2. The van der Waals surface area contributed by atoms with Crippen LogP contribution in [0.1, 0.15) is 27.7 Å². The number of pyridine rings is 1. The SMILES string of the molecule is C=C(Cl)/C=c1/cc(NC(=O)OC(C)(C)C)nc/c1=C(/C)Cl. The van der Waals surface area contributed by atoms with E-state index in [1.807, 2.05) is 0 Å². The van der Waals surface area contributed by atoms with Gasteiger partial charge in [0, 0.05) is 21.5 Å². The smallest absolute Gasteiger partial charge is 0.413 e. The Hall–Kier alpha value is -1.52. The summed E-state index contributed by atoms with van der Waals surface area (Å²) in [6.45, 7) is 10.7. The van der Waals surface area contributed by atoms with Crippen LogP contribution in [0, 0.1) is 0 Å². The third-order valence-electron chi connectivity index (χ3n) is 2.25. The third-order valence-corrected chi connectivity index (χ3v) is 2.56. The van der Waals surface area contributed by atoms with Gasteiger partial charge in [0.25, 0.3) is 0 Å². The van der Waals surface area contributed by atoms with Crippen LogP contribution in [-0.2, 0) is 4.74 Å². The molecule has 0 fully saturated rings. The van der Waals surface area contributed by atoms with E-state index in [4.69, 9.17) is 27.9 Å². The number of allylic oxidation sites excluding steroid dienone is 1. The van der Waals surface area contributed by atoms with Gasteiger partial charge in [-0.1, -0.05) is 29.8 Å². The highest BCUT2D eigenvalue weighted by Crippen LogP contribution is 2.09. The second kappa shape index (κ2) is 6.96. The predicted molar refractivity (Wildman–Crippen MR) is 87.7 cm³/mol. The van der Waals surface area contributed by atoms with E-state index in [1.165, 1.54) is 0 Å². The summed E-state index contributed by atoms with van der Waals surface area (Å²) in [6, 6.07) is 1.65. The number of amides is 1. The molecule has 1 amide bonds. The molecule has 6 heteroatoms. The van der Waals surface area contributed by atoms with Gasteiger partial charge in [0.05, 0.1) is 0 Å². The number of hydrogen-bond acceptors (Lipinski definition) is 3. The Bertz CT molecular complexity index is 672. The van der Waals surface area contributed by atoms with Crippen molar-refractivity contribution in [1.82, 2.24) is 4.98 Å². The molecule has 0 aliphatic heterocycles. The van der Waals surface area contributed by atoms with Gasteiger partial charge >= 0.3 is 6.09 Å². The topological polar surface area (TPSA) is 51.2 Å². The van der Waals surface area contributed by atoms with Crippen molar-refractivity contribution in [2.45, 2.75) is 33.3 Å². The highest BCUT2D eigenvalue weighted by atomic mass is 35.5. The van der Waals surface area contributed by atoms with Gasteiger partial charge in [0.15, 0.2) is 0 Å². The highest BCUT2D eigenvalue weighted by molar-refractivity contribution is 6.44. The van der Waals surface area contributed by atoms with Gasteiger partial charge in [-0.15, -0.1) is 0 Å². The van der Waals surface area contributed by atoms with Crippen LogP contribution >= 0.6 is 23.2 Å². The summed E-state index contributed by atoms with van der Waals surface area (Å²) in [7, 11) is 0. The van der Waals surface area contributed by atoms with Crippen molar-refractivity contribution in [1.29, 1.82) is 0 Å². The molecule has 21 heavy (non-hydrogen) atoms. The van der Waals surface area contributed by atoms with Gasteiger partial charge in [0.1, 0.15) is 11.4 Å². The molecule has 0 saturated carbocycles. The number of aromatic nitrogens is 1. The maximum atomic E-state index is 11.7. The normalized spacial score (nSPS) is 13.7. The second-order valence-electron chi connectivity index (χ2n) is 5.41. The number of carbonyl (C=O) groups is 1. The minimum Gasteiger partial charge on any atom is -0.444 e. The Balaban J connectivity index is 3.16. The van der Waals surface area contributed by atoms with Gasteiger partial charge in [-0.25, -0.2) is 9.78 Å². The summed E-state index contributed by atoms with van der Waals surface area (Å²) < 4.78 is 5.17. The lowest BCUT2D eigenvalue weighted by Gasteiger charge is -2.19. The number of nitrogens with one attached hydrogen (secondary N) is 1. The lowest BCUT2D eigenvalue weighted by Crippen LogP contribution is -2.30. The van der Waals surface area contributed by atoms with Gasteiger partial charge in [-0.3, -0.25) is 5.32 Å². The fourth-order valence-electron chi connectivity index (χ4n) is 1.52. The van der Waals surface area contributed by atoms with Crippen molar-refractivity contribution in [3.05, 3.63) is 34.3 Å². The van der Waals surface area contributed by atoms with E-state index in [-0.39, 0.29) is 0 Å². The number of anilines is 1. The minimum absolute atomic E-state index is 0.343. The first kappa shape index (κ1) is 17.5. The highest BCUT2D eigenvalue weighted by Gasteiger charge is 2.16. The summed E-state index contributed by atoms with van der Waals surface area (Å²) in [4.78, 5) is 15.8. The molecule has 1 aromatic rings. The molecule has 4 nitrogen and oxygen atoms in total. The molecule has 0 atom stereocenters. The Kier molecular flexibility index (Phi) is 5.81. The molecule has 0 spiro atoms. The molecule has 0 aliphatic rings. The number of halogens is 2. The van der Waals surface area contributed by atoms with Crippen LogP contribution in [0.15, 0.2) is 23.9 Å². The lowest BCUT2D eigenvalue weighted by molar-refractivity contribution is 0.0635. The van der Waals surface area contributed by atoms with Crippen LogP contribution in [0.5, 0.6) is 0 Å². The maximum absolute atomic E-state index is 11.7. The van der Waals surface area contributed by atoms with Crippen LogP contribution in [-0.4, -0.2) is 16.7 Å². The minimum atomic E-state index is -0.579. The maximum Gasteiger partial charge on any atom is 0.413 e. The van der Waals surface area contributed by atoms with Crippen LogP contribution in [0.25, 0.3) is 11.1 Å². The van der Waals surface area contributed by atoms with E-state index in [0.29, 0.717) is 26.3 Å². The molecular formula is C15H18Cl2N2O2. The predicted octanol–water partition coefficient (Wildman–Crippen LogP) is 3.33.